The molecule has 7 nitrogen and oxygen atoms in total. The molecule has 9 heteroatoms. The molecule has 40 heavy (non-hydrogen) atoms. The molecule has 1 aliphatic heterocycles. The van der Waals surface area contributed by atoms with Crippen molar-refractivity contribution in [2.24, 2.45) is 20.0 Å². The minimum Gasteiger partial charge on any atom is -0.462 e. The van der Waals surface area contributed by atoms with Crippen LogP contribution in [-0.2, 0) is 28.9 Å². The van der Waals surface area contributed by atoms with Gasteiger partial charge >= 0.3 is 5.97 Å². The van der Waals surface area contributed by atoms with Gasteiger partial charge in [-0.1, -0.05) is 54.7 Å². The first-order valence-electron chi connectivity index (χ1n) is 14.6. The summed E-state index contributed by atoms with van der Waals surface area (Å²) in [5.74, 6) is -0.215. The quantitative estimate of drug-likeness (QED) is 0.253. The Bertz CT molecular complexity index is 1490. The van der Waals surface area contributed by atoms with Gasteiger partial charge in [-0.2, -0.15) is 4.31 Å². The fourth-order valence-corrected chi connectivity index (χ4v) is 8.52. The first-order valence-corrected chi connectivity index (χ1v) is 16.0. The second kappa shape index (κ2) is 11.7. The van der Waals surface area contributed by atoms with E-state index < -0.39 is 17.3 Å². The number of esters is 1. The predicted octanol–water partition coefficient (Wildman–Crippen LogP) is 3.19. The SMILES string of the molecule is CCOC(=O)c1ccc(C2=C([BH2-]c3n(C)cc[n+]3C)CN(S(=O)(=O)c3ccc(C)cc3)C3CCCCCC23)cc1. The van der Waals surface area contributed by atoms with E-state index in [4.69, 9.17) is 4.74 Å². The van der Waals surface area contributed by atoms with E-state index >= 15 is 0 Å². The molecule has 2 aromatic carbocycles. The molecule has 5 rings (SSSR count). The van der Waals surface area contributed by atoms with Gasteiger partial charge in [0.15, 0.2) is 0 Å². The molecule has 1 saturated carbocycles. The lowest BCUT2D eigenvalue weighted by Gasteiger charge is -2.44. The maximum absolute atomic E-state index is 14.2. The number of sulfonamides is 1. The highest BCUT2D eigenvalue weighted by atomic mass is 32.2. The van der Waals surface area contributed by atoms with Crippen LogP contribution < -0.4 is 10.3 Å². The van der Waals surface area contributed by atoms with Crippen molar-refractivity contribution in [3.05, 3.63) is 83.1 Å². The molecule has 2 unspecified atom stereocenters. The number of carbonyl (C=O) groups excluding carboxylic acids is 1. The van der Waals surface area contributed by atoms with Crippen LogP contribution >= 0.6 is 0 Å². The number of aromatic nitrogens is 2. The number of imidazole rings is 1. The van der Waals surface area contributed by atoms with E-state index in [1.165, 1.54) is 16.8 Å². The Balaban J connectivity index is 1.65. The van der Waals surface area contributed by atoms with Gasteiger partial charge in [-0.25, -0.2) is 18.7 Å². The molecule has 0 bridgehead atoms. The summed E-state index contributed by atoms with van der Waals surface area (Å²) in [7, 11) is -0.420. The van der Waals surface area contributed by atoms with Crippen molar-refractivity contribution >= 4 is 34.6 Å². The fourth-order valence-electron chi connectivity index (χ4n) is 6.79. The summed E-state index contributed by atoms with van der Waals surface area (Å²) in [6.07, 6.45) is 9.14. The van der Waals surface area contributed by atoms with Gasteiger partial charge in [-0.3, -0.25) is 9.13 Å². The Morgan fingerprint density at radius 3 is 2.40 bits per heavy atom. The van der Waals surface area contributed by atoms with Gasteiger partial charge in [0.2, 0.25) is 10.0 Å². The van der Waals surface area contributed by atoms with Gasteiger partial charge in [0, 0.05) is 12.6 Å². The highest BCUT2D eigenvalue weighted by molar-refractivity contribution is 7.89. The van der Waals surface area contributed by atoms with Crippen LogP contribution in [-0.4, -0.2) is 49.7 Å². The lowest BCUT2D eigenvalue weighted by Crippen LogP contribution is -2.54. The molecule has 2 heterocycles. The summed E-state index contributed by atoms with van der Waals surface area (Å²) in [5.41, 5.74) is 6.43. The first-order chi connectivity index (χ1) is 19.2. The zero-order valence-electron chi connectivity index (χ0n) is 24.3. The number of fused-ring (bicyclic) bond motifs is 1. The molecular formula is C31H40BN3O4S. The van der Waals surface area contributed by atoms with Gasteiger partial charge in [0.05, 0.1) is 36.9 Å². The number of benzene rings is 2. The standard InChI is InChI=1S/C31H40BN3O4S/c1-5-39-30(36)24-15-13-23(14-16-24)29-26-9-7-6-8-10-28(26)35(40(37,38)25-17-11-22(2)12-18-25)21-27(29)32-31-33(3)19-20-34(31)4/h11-20,26,28H,5-10,21,32H2,1-4H3. The number of hydrogen-bond acceptors (Lipinski definition) is 4. The van der Waals surface area contributed by atoms with Gasteiger partial charge in [0.1, 0.15) is 19.7 Å². The summed E-state index contributed by atoms with van der Waals surface area (Å²) in [5, 5.41) is 0. The van der Waals surface area contributed by atoms with Gasteiger partial charge in [-0.05, 0) is 62.4 Å². The van der Waals surface area contributed by atoms with Gasteiger partial charge in [0.25, 0.3) is 0 Å². The highest BCUT2D eigenvalue weighted by Crippen LogP contribution is 2.44. The molecule has 1 fully saturated rings. The molecule has 0 radical (unpaired) electrons. The Labute approximate surface area is 238 Å². The van der Waals surface area contributed by atoms with Crippen molar-refractivity contribution in [3.8, 4) is 0 Å². The van der Waals surface area contributed by atoms with Crippen LogP contribution in [0.15, 0.2) is 71.3 Å². The summed E-state index contributed by atoms with van der Waals surface area (Å²) in [4.78, 5) is 12.7. The lowest BCUT2D eigenvalue weighted by atomic mass is 9.61. The molecule has 1 aromatic heterocycles. The molecule has 0 saturated heterocycles. The smallest absolute Gasteiger partial charge is 0.338 e. The first kappa shape index (κ1) is 28.4. The van der Waals surface area contributed by atoms with E-state index in [2.05, 4.69) is 35.6 Å². The van der Waals surface area contributed by atoms with Crippen LogP contribution in [0.1, 0.15) is 60.5 Å². The molecule has 0 amide bonds. The zero-order chi connectivity index (χ0) is 28.4. The van der Waals surface area contributed by atoms with E-state index in [0.717, 1.165) is 43.2 Å². The maximum atomic E-state index is 14.2. The van der Waals surface area contributed by atoms with E-state index in [1.807, 2.05) is 54.6 Å². The zero-order valence-corrected chi connectivity index (χ0v) is 25.1. The molecule has 0 spiro atoms. The monoisotopic (exact) mass is 561 g/mol. The molecule has 2 aliphatic rings. The molecular weight excluding hydrogens is 521 g/mol. The topological polar surface area (TPSA) is 72.5 Å². The van der Waals surface area contributed by atoms with Crippen molar-refractivity contribution in [2.75, 3.05) is 13.2 Å². The van der Waals surface area contributed by atoms with Gasteiger partial charge in [-0.15, -0.1) is 0 Å². The van der Waals surface area contributed by atoms with Crippen LogP contribution in [0.4, 0.5) is 0 Å². The number of rotatable bonds is 7. The molecule has 3 aromatic rings. The van der Waals surface area contributed by atoms with E-state index in [1.54, 1.807) is 12.1 Å². The number of aryl methyl sites for hydroxylation is 3. The summed E-state index contributed by atoms with van der Waals surface area (Å²) in [6.45, 7) is 4.52. The predicted molar refractivity (Wildman–Crippen MR) is 160 cm³/mol. The highest BCUT2D eigenvalue weighted by Gasteiger charge is 2.42. The van der Waals surface area contributed by atoms with Crippen molar-refractivity contribution < 1.29 is 22.5 Å². The number of carbonyl (C=O) groups is 1. The van der Waals surface area contributed by atoms with Crippen LogP contribution in [0.2, 0.25) is 0 Å². The largest absolute Gasteiger partial charge is 0.462 e. The van der Waals surface area contributed by atoms with Crippen LogP contribution in [0, 0.1) is 12.8 Å². The summed E-state index contributed by atoms with van der Waals surface area (Å²) < 4.78 is 39.8. The number of ether oxygens (including phenoxy) is 1. The third-order valence-electron chi connectivity index (χ3n) is 8.97. The third-order valence-corrected chi connectivity index (χ3v) is 10.9. The van der Waals surface area contributed by atoms with Crippen LogP contribution in [0.3, 0.4) is 0 Å². The average molecular weight is 562 g/mol. The molecule has 1 aliphatic carbocycles. The van der Waals surface area contributed by atoms with Crippen molar-refractivity contribution in [1.82, 2.24) is 8.87 Å². The van der Waals surface area contributed by atoms with Crippen LogP contribution in [0.25, 0.3) is 5.57 Å². The van der Waals surface area contributed by atoms with E-state index in [9.17, 15) is 13.2 Å². The number of nitrogens with zero attached hydrogens (tertiary/aromatic N) is 3. The fraction of sp³-hybridized carbons (Fsp3) is 0.419. The van der Waals surface area contributed by atoms with Gasteiger partial charge < -0.3 is 4.74 Å². The van der Waals surface area contributed by atoms with E-state index in [0.29, 0.717) is 23.6 Å². The molecule has 2 atom stereocenters. The number of hydrogen-bond donors (Lipinski definition) is 0. The summed E-state index contributed by atoms with van der Waals surface area (Å²) >= 11 is 0. The second-order valence-electron chi connectivity index (χ2n) is 11.5. The summed E-state index contributed by atoms with van der Waals surface area (Å²) in [6, 6.07) is 14.9. The normalized spacial score (nSPS) is 20.2. The van der Waals surface area contributed by atoms with Crippen molar-refractivity contribution in [3.63, 3.8) is 0 Å². The minimum absolute atomic E-state index is 0.0916. The Hall–Kier alpha value is -3.17. The molecule has 212 valence electrons. The molecule has 0 N–H and O–H groups in total. The van der Waals surface area contributed by atoms with E-state index in [-0.39, 0.29) is 17.9 Å². The minimum atomic E-state index is -3.68. The Morgan fingerprint density at radius 1 is 1.05 bits per heavy atom. The average Bonchev–Trinajstić information content (AvgIpc) is 3.11. The van der Waals surface area contributed by atoms with Crippen molar-refractivity contribution in [1.29, 1.82) is 0 Å². The maximum Gasteiger partial charge on any atom is 0.338 e. The third kappa shape index (κ3) is 5.54. The Morgan fingerprint density at radius 2 is 1.75 bits per heavy atom. The van der Waals surface area contributed by atoms with Crippen LogP contribution in [0.5, 0.6) is 0 Å². The van der Waals surface area contributed by atoms with Crippen molar-refractivity contribution in [2.45, 2.75) is 56.9 Å². The Kier molecular flexibility index (Phi) is 8.33. The second-order valence-corrected chi connectivity index (χ2v) is 13.4. The lowest BCUT2D eigenvalue weighted by molar-refractivity contribution is -0.652.